The lowest BCUT2D eigenvalue weighted by Crippen LogP contribution is -2.05. The fourth-order valence-electron chi connectivity index (χ4n) is 1.81. The molecule has 0 fully saturated rings. The highest BCUT2D eigenvalue weighted by Crippen LogP contribution is 2.22. The zero-order valence-electron chi connectivity index (χ0n) is 10.1. The van der Waals surface area contributed by atoms with Crippen LogP contribution in [-0.2, 0) is 6.54 Å². The fourth-order valence-corrected chi connectivity index (χ4v) is 1.81. The molecule has 18 heavy (non-hydrogen) atoms. The van der Waals surface area contributed by atoms with Crippen LogP contribution in [0.1, 0.15) is 17.0 Å². The Morgan fingerprint density at radius 3 is 2.67 bits per heavy atom. The summed E-state index contributed by atoms with van der Waals surface area (Å²) in [6.45, 7) is 3.75. The van der Waals surface area contributed by atoms with Crippen LogP contribution in [0.2, 0.25) is 0 Å². The Morgan fingerprint density at radius 1 is 1.44 bits per heavy atom. The predicted octanol–water partition coefficient (Wildman–Crippen LogP) is 1.43. The maximum atomic E-state index is 10.9. The first kappa shape index (κ1) is 12.0. The second kappa shape index (κ2) is 4.44. The fraction of sp³-hybridized carbons (Fsp3) is 0.273. The molecule has 94 valence electrons. The molecule has 2 rings (SSSR count). The highest BCUT2D eigenvalue weighted by atomic mass is 16.6. The molecule has 0 atom stereocenters. The van der Waals surface area contributed by atoms with Crippen LogP contribution >= 0.6 is 0 Å². The monoisotopic (exact) mass is 247 g/mol. The van der Waals surface area contributed by atoms with E-state index in [0.717, 1.165) is 5.56 Å². The van der Waals surface area contributed by atoms with E-state index in [1.54, 1.807) is 30.8 Å². The Balaban J connectivity index is 2.33. The minimum Gasteiger partial charge on any atom is -0.384 e. The highest BCUT2D eigenvalue weighted by molar-refractivity contribution is 5.40. The van der Waals surface area contributed by atoms with Crippen LogP contribution in [0.15, 0.2) is 18.3 Å². The number of anilines is 1. The summed E-state index contributed by atoms with van der Waals surface area (Å²) in [6.07, 6.45) is 1.64. The average molecular weight is 247 g/mol. The number of pyridine rings is 1. The van der Waals surface area contributed by atoms with E-state index >= 15 is 0 Å². The van der Waals surface area contributed by atoms with Gasteiger partial charge in [-0.3, -0.25) is 14.8 Å². The van der Waals surface area contributed by atoms with E-state index in [4.69, 9.17) is 5.73 Å². The number of nitrogens with zero attached hydrogens (tertiary/aromatic N) is 4. The molecule has 0 aliphatic heterocycles. The van der Waals surface area contributed by atoms with Gasteiger partial charge in [-0.1, -0.05) is 6.07 Å². The first-order valence-corrected chi connectivity index (χ1v) is 5.38. The second-order valence-electron chi connectivity index (χ2n) is 4.03. The van der Waals surface area contributed by atoms with Gasteiger partial charge in [0.15, 0.2) is 0 Å². The van der Waals surface area contributed by atoms with E-state index in [-0.39, 0.29) is 5.69 Å². The zero-order valence-corrected chi connectivity index (χ0v) is 10.1. The maximum Gasteiger partial charge on any atom is 0.312 e. The number of nitrogens with two attached hydrogens (primary N) is 1. The van der Waals surface area contributed by atoms with E-state index in [1.165, 1.54) is 0 Å². The van der Waals surface area contributed by atoms with Crippen LogP contribution in [0.25, 0.3) is 0 Å². The number of rotatable bonds is 3. The van der Waals surface area contributed by atoms with Crippen molar-refractivity contribution < 1.29 is 4.92 Å². The van der Waals surface area contributed by atoms with E-state index in [2.05, 4.69) is 10.1 Å². The number of nitro groups is 1. The lowest BCUT2D eigenvalue weighted by atomic mass is 10.2. The Labute approximate surface area is 103 Å². The number of hydrogen-bond acceptors (Lipinski definition) is 5. The minimum absolute atomic E-state index is 0.0680. The van der Waals surface area contributed by atoms with Gasteiger partial charge in [0.05, 0.1) is 11.5 Å². The Bertz CT molecular complexity index is 588. The molecule has 0 saturated heterocycles. The molecule has 2 N–H and O–H groups in total. The van der Waals surface area contributed by atoms with E-state index < -0.39 is 4.92 Å². The third kappa shape index (κ3) is 2.15. The van der Waals surface area contributed by atoms with Crippen LogP contribution in [0.5, 0.6) is 0 Å². The lowest BCUT2D eigenvalue weighted by Gasteiger charge is -2.03. The second-order valence-corrected chi connectivity index (χ2v) is 4.03. The van der Waals surface area contributed by atoms with Crippen molar-refractivity contribution in [1.29, 1.82) is 0 Å². The molecule has 2 aromatic heterocycles. The Kier molecular flexibility index (Phi) is 2.97. The van der Waals surface area contributed by atoms with Gasteiger partial charge in [0.25, 0.3) is 0 Å². The molecule has 0 bridgehead atoms. The standard InChI is InChI=1S/C11H13N5O2/c1-7-11(16(17)18)8(2)15(14-7)6-9-3-4-10(12)13-5-9/h3-5H,6H2,1-2H3,(H2,12,13). The van der Waals surface area contributed by atoms with Crippen molar-refractivity contribution in [2.24, 2.45) is 0 Å². The van der Waals surface area contributed by atoms with Crippen molar-refractivity contribution in [3.63, 3.8) is 0 Å². The van der Waals surface area contributed by atoms with Gasteiger partial charge in [-0.25, -0.2) is 4.98 Å². The molecule has 2 aromatic rings. The van der Waals surface area contributed by atoms with Gasteiger partial charge in [-0.15, -0.1) is 0 Å². The van der Waals surface area contributed by atoms with Crippen LogP contribution < -0.4 is 5.73 Å². The number of aromatic nitrogens is 3. The molecular weight excluding hydrogens is 234 g/mol. The van der Waals surface area contributed by atoms with Crippen molar-refractivity contribution >= 4 is 11.5 Å². The number of nitrogen functional groups attached to an aromatic ring is 1. The summed E-state index contributed by atoms with van der Waals surface area (Å²) < 4.78 is 1.60. The molecule has 0 aliphatic carbocycles. The SMILES string of the molecule is Cc1nn(Cc2ccc(N)nc2)c(C)c1[N+](=O)[O-]. The van der Waals surface area contributed by atoms with E-state index in [9.17, 15) is 10.1 Å². The van der Waals surface area contributed by atoms with Crippen molar-refractivity contribution in [3.05, 3.63) is 45.4 Å². The summed E-state index contributed by atoms with van der Waals surface area (Å²) in [5, 5.41) is 15.0. The Morgan fingerprint density at radius 2 is 2.17 bits per heavy atom. The van der Waals surface area contributed by atoms with Crippen LogP contribution in [-0.4, -0.2) is 19.7 Å². The summed E-state index contributed by atoms with van der Waals surface area (Å²) >= 11 is 0. The molecule has 0 saturated carbocycles. The summed E-state index contributed by atoms with van der Waals surface area (Å²) in [6, 6.07) is 3.51. The van der Waals surface area contributed by atoms with Crippen LogP contribution in [0.4, 0.5) is 11.5 Å². The number of hydrogen-bond donors (Lipinski definition) is 1. The normalized spacial score (nSPS) is 10.6. The molecule has 7 heteroatoms. The first-order valence-electron chi connectivity index (χ1n) is 5.38. The predicted molar refractivity (Wildman–Crippen MR) is 66.1 cm³/mol. The van der Waals surface area contributed by atoms with E-state index in [0.29, 0.717) is 23.8 Å². The van der Waals surface area contributed by atoms with Crippen molar-refractivity contribution in [1.82, 2.24) is 14.8 Å². The largest absolute Gasteiger partial charge is 0.384 e. The summed E-state index contributed by atoms with van der Waals surface area (Å²) in [7, 11) is 0. The van der Waals surface area contributed by atoms with Gasteiger partial charge < -0.3 is 5.73 Å². The molecule has 2 heterocycles. The van der Waals surface area contributed by atoms with Gasteiger partial charge in [0.1, 0.15) is 17.2 Å². The van der Waals surface area contributed by atoms with Crippen LogP contribution in [0.3, 0.4) is 0 Å². The summed E-state index contributed by atoms with van der Waals surface area (Å²) in [4.78, 5) is 14.4. The molecule has 0 aliphatic rings. The number of aryl methyl sites for hydroxylation is 1. The van der Waals surface area contributed by atoms with Gasteiger partial charge in [-0.2, -0.15) is 5.10 Å². The molecule has 0 amide bonds. The molecule has 0 spiro atoms. The molecule has 0 radical (unpaired) electrons. The topological polar surface area (TPSA) is 99.9 Å². The van der Waals surface area contributed by atoms with Gasteiger partial charge in [-0.05, 0) is 25.5 Å². The zero-order chi connectivity index (χ0) is 13.3. The minimum atomic E-state index is -0.407. The average Bonchev–Trinajstić information content (AvgIpc) is 2.57. The van der Waals surface area contributed by atoms with Crippen LogP contribution in [0, 0.1) is 24.0 Å². The van der Waals surface area contributed by atoms with Crippen molar-refractivity contribution in [2.45, 2.75) is 20.4 Å². The smallest absolute Gasteiger partial charge is 0.312 e. The third-order valence-corrected chi connectivity index (χ3v) is 2.71. The lowest BCUT2D eigenvalue weighted by molar-refractivity contribution is -0.386. The summed E-state index contributed by atoms with van der Waals surface area (Å²) in [5.41, 5.74) is 7.41. The third-order valence-electron chi connectivity index (χ3n) is 2.71. The van der Waals surface area contributed by atoms with E-state index in [1.807, 2.05) is 6.07 Å². The summed E-state index contributed by atoms with van der Waals surface area (Å²) in [5.74, 6) is 0.443. The van der Waals surface area contributed by atoms with Gasteiger partial charge >= 0.3 is 5.69 Å². The quantitative estimate of drug-likeness (QED) is 0.653. The molecule has 0 unspecified atom stereocenters. The maximum absolute atomic E-state index is 10.9. The van der Waals surface area contributed by atoms with Gasteiger partial charge in [0, 0.05) is 6.20 Å². The molecule has 0 aromatic carbocycles. The first-order chi connectivity index (χ1) is 8.49. The Hall–Kier alpha value is -2.44. The molecule has 7 nitrogen and oxygen atoms in total. The van der Waals surface area contributed by atoms with Crippen molar-refractivity contribution in [3.8, 4) is 0 Å². The molecular formula is C11H13N5O2. The van der Waals surface area contributed by atoms with Gasteiger partial charge in [0.2, 0.25) is 0 Å². The highest BCUT2D eigenvalue weighted by Gasteiger charge is 2.21. The van der Waals surface area contributed by atoms with Crippen molar-refractivity contribution in [2.75, 3.05) is 5.73 Å².